The van der Waals surface area contributed by atoms with Crippen molar-refractivity contribution >= 4 is 45.7 Å². The average molecular weight is 519 g/mol. The van der Waals surface area contributed by atoms with Crippen LogP contribution in [0.15, 0.2) is 40.7 Å². The lowest BCUT2D eigenvalue weighted by Crippen LogP contribution is -2.14. The van der Waals surface area contributed by atoms with Crippen LogP contribution in [-0.4, -0.2) is 55.2 Å². The number of carbonyl (C=O) groups excluding carboxylic acids is 2. The van der Waals surface area contributed by atoms with Crippen molar-refractivity contribution in [1.29, 1.82) is 0 Å². The van der Waals surface area contributed by atoms with Gasteiger partial charge in [-0.25, -0.2) is 0 Å². The first-order valence-electron chi connectivity index (χ1n) is 10.7. The summed E-state index contributed by atoms with van der Waals surface area (Å²) < 4.78 is 22.1. The van der Waals surface area contributed by atoms with E-state index in [0.717, 1.165) is 0 Å². The Morgan fingerprint density at radius 3 is 2.31 bits per heavy atom. The molecule has 0 bridgehead atoms. The fraction of sp³-hybridized carbons (Fsp3) is 0.304. The van der Waals surface area contributed by atoms with Crippen LogP contribution in [0.1, 0.15) is 24.2 Å². The van der Waals surface area contributed by atoms with Gasteiger partial charge in [0.25, 0.3) is 5.91 Å². The molecule has 0 spiro atoms. The van der Waals surface area contributed by atoms with Crippen molar-refractivity contribution in [3.8, 4) is 23.0 Å². The molecule has 0 aliphatic carbocycles. The molecule has 3 aromatic rings. The molecule has 3 rings (SSSR count). The molecule has 0 saturated heterocycles. The standard InChI is InChI=1S/C23H26N4O6S2/c1-5-32-17-9-7-14(11-19(17)33-6-2)21(29)25-22-26-27-23(35-22)34-13-20(28)24-15-8-10-16(30-3)18(12-15)31-4/h7-12H,5-6,13H2,1-4H3,(H,24,28)(H,25,26,29). The van der Waals surface area contributed by atoms with Gasteiger partial charge in [0.15, 0.2) is 27.3 Å². The molecular weight excluding hydrogens is 492 g/mol. The van der Waals surface area contributed by atoms with E-state index in [1.54, 1.807) is 43.5 Å². The molecule has 186 valence electrons. The second-order valence-corrected chi connectivity index (χ2v) is 8.96. The number of hydrogen-bond acceptors (Lipinski definition) is 10. The Morgan fingerprint density at radius 1 is 0.886 bits per heavy atom. The van der Waals surface area contributed by atoms with Crippen molar-refractivity contribution in [3.63, 3.8) is 0 Å². The molecule has 2 N–H and O–H groups in total. The van der Waals surface area contributed by atoms with E-state index >= 15 is 0 Å². The topological polar surface area (TPSA) is 121 Å². The van der Waals surface area contributed by atoms with Gasteiger partial charge in [-0.3, -0.25) is 14.9 Å². The number of thioether (sulfide) groups is 1. The number of nitrogens with one attached hydrogen (secondary N) is 2. The van der Waals surface area contributed by atoms with E-state index < -0.39 is 0 Å². The Bertz CT molecular complexity index is 1170. The summed E-state index contributed by atoms with van der Waals surface area (Å²) >= 11 is 2.39. The van der Waals surface area contributed by atoms with Crippen LogP contribution >= 0.6 is 23.1 Å². The molecule has 35 heavy (non-hydrogen) atoms. The van der Waals surface area contributed by atoms with Gasteiger partial charge in [0.2, 0.25) is 11.0 Å². The van der Waals surface area contributed by atoms with Crippen molar-refractivity contribution < 1.29 is 28.5 Å². The Kier molecular flexibility index (Phi) is 9.56. The summed E-state index contributed by atoms with van der Waals surface area (Å²) in [6, 6.07) is 10.1. The van der Waals surface area contributed by atoms with Crippen molar-refractivity contribution in [2.24, 2.45) is 0 Å². The second kappa shape index (κ2) is 12.8. The summed E-state index contributed by atoms with van der Waals surface area (Å²) in [5.74, 6) is 1.70. The number of hydrogen-bond donors (Lipinski definition) is 2. The molecule has 0 atom stereocenters. The zero-order valence-corrected chi connectivity index (χ0v) is 21.4. The summed E-state index contributed by atoms with van der Waals surface area (Å²) in [6.07, 6.45) is 0. The normalized spacial score (nSPS) is 10.4. The minimum Gasteiger partial charge on any atom is -0.493 e. The second-order valence-electron chi connectivity index (χ2n) is 6.76. The van der Waals surface area contributed by atoms with Gasteiger partial charge in [-0.05, 0) is 44.2 Å². The van der Waals surface area contributed by atoms with Crippen molar-refractivity contribution in [2.75, 3.05) is 43.8 Å². The molecule has 0 aliphatic heterocycles. The molecule has 10 nitrogen and oxygen atoms in total. The number of amides is 2. The lowest BCUT2D eigenvalue weighted by molar-refractivity contribution is -0.113. The van der Waals surface area contributed by atoms with E-state index in [1.165, 1.54) is 30.2 Å². The van der Waals surface area contributed by atoms with Crippen LogP contribution < -0.4 is 29.6 Å². The maximum atomic E-state index is 12.7. The maximum Gasteiger partial charge on any atom is 0.257 e. The number of rotatable bonds is 12. The highest BCUT2D eigenvalue weighted by molar-refractivity contribution is 8.01. The maximum absolute atomic E-state index is 12.7. The smallest absolute Gasteiger partial charge is 0.257 e. The Labute approximate surface area is 211 Å². The number of carbonyl (C=O) groups is 2. The molecule has 0 fully saturated rings. The van der Waals surface area contributed by atoms with E-state index in [9.17, 15) is 9.59 Å². The van der Waals surface area contributed by atoms with Gasteiger partial charge in [-0.15, -0.1) is 10.2 Å². The Hall–Kier alpha value is -3.51. The van der Waals surface area contributed by atoms with Gasteiger partial charge in [0.1, 0.15) is 0 Å². The summed E-state index contributed by atoms with van der Waals surface area (Å²) in [6.45, 7) is 4.67. The quantitative estimate of drug-likeness (QED) is 0.266. The predicted molar refractivity (Wildman–Crippen MR) is 136 cm³/mol. The van der Waals surface area contributed by atoms with Gasteiger partial charge in [-0.2, -0.15) is 0 Å². The first-order valence-corrected chi connectivity index (χ1v) is 12.5. The fourth-order valence-electron chi connectivity index (χ4n) is 2.92. The van der Waals surface area contributed by atoms with Gasteiger partial charge in [0.05, 0.1) is 33.2 Å². The minimum atomic E-state index is -0.354. The van der Waals surface area contributed by atoms with E-state index in [0.29, 0.717) is 56.9 Å². The lowest BCUT2D eigenvalue weighted by Gasteiger charge is -2.12. The highest BCUT2D eigenvalue weighted by Crippen LogP contribution is 2.31. The number of methoxy groups -OCH3 is 2. The predicted octanol–water partition coefficient (Wildman–Crippen LogP) is 4.34. The molecule has 1 heterocycles. The molecule has 1 aromatic heterocycles. The van der Waals surface area contributed by atoms with Crippen LogP contribution in [0, 0.1) is 0 Å². The largest absolute Gasteiger partial charge is 0.493 e. The summed E-state index contributed by atoms with van der Waals surface area (Å²) in [7, 11) is 3.07. The SMILES string of the molecule is CCOc1ccc(C(=O)Nc2nnc(SCC(=O)Nc3ccc(OC)c(OC)c3)s2)cc1OCC. The Morgan fingerprint density at radius 2 is 1.60 bits per heavy atom. The van der Waals surface area contributed by atoms with Crippen molar-refractivity contribution in [1.82, 2.24) is 10.2 Å². The van der Waals surface area contributed by atoms with Crippen LogP contribution in [0.4, 0.5) is 10.8 Å². The lowest BCUT2D eigenvalue weighted by atomic mass is 10.2. The number of ether oxygens (including phenoxy) is 4. The third-order valence-corrected chi connectivity index (χ3v) is 6.40. The molecule has 2 aromatic carbocycles. The van der Waals surface area contributed by atoms with Gasteiger partial charge < -0.3 is 24.3 Å². The summed E-state index contributed by atoms with van der Waals surface area (Å²) in [4.78, 5) is 25.0. The summed E-state index contributed by atoms with van der Waals surface area (Å²) in [5.41, 5.74) is 0.982. The van der Waals surface area contributed by atoms with E-state index in [2.05, 4.69) is 20.8 Å². The van der Waals surface area contributed by atoms with E-state index in [-0.39, 0.29) is 17.6 Å². The number of nitrogens with zero attached hydrogens (tertiary/aromatic N) is 2. The summed E-state index contributed by atoms with van der Waals surface area (Å²) in [5, 5.41) is 13.9. The van der Waals surface area contributed by atoms with Gasteiger partial charge in [0, 0.05) is 17.3 Å². The van der Waals surface area contributed by atoms with Crippen molar-refractivity contribution in [2.45, 2.75) is 18.2 Å². The minimum absolute atomic E-state index is 0.119. The van der Waals surface area contributed by atoms with E-state index in [4.69, 9.17) is 18.9 Å². The highest BCUT2D eigenvalue weighted by Gasteiger charge is 2.15. The molecule has 0 radical (unpaired) electrons. The average Bonchev–Trinajstić information content (AvgIpc) is 3.31. The van der Waals surface area contributed by atoms with Crippen molar-refractivity contribution in [3.05, 3.63) is 42.0 Å². The van der Waals surface area contributed by atoms with Crippen LogP contribution in [0.2, 0.25) is 0 Å². The first kappa shape index (κ1) is 26.1. The van der Waals surface area contributed by atoms with Crippen LogP contribution in [0.25, 0.3) is 0 Å². The highest BCUT2D eigenvalue weighted by atomic mass is 32.2. The third-order valence-electron chi connectivity index (χ3n) is 4.43. The molecular formula is C23H26N4O6S2. The number of benzene rings is 2. The third kappa shape index (κ3) is 7.23. The Balaban J connectivity index is 1.55. The number of anilines is 2. The molecule has 0 aliphatic rings. The zero-order valence-electron chi connectivity index (χ0n) is 19.7. The molecule has 12 heteroatoms. The zero-order chi connectivity index (χ0) is 25.2. The number of aromatic nitrogens is 2. The molecule has 0 unspecified atom stereocenters. The first-order chi connectivity index (χ1) is 17.0. The van der Waals surface area contributed by atoms with Crippen LogP contribution in [0.3, 0.4) is 0 Å². The molecule has 0 saturated carbocycles. The van der Waals surface area contributed by atoms with Gasteiger partial charge in [-0.1, -0.05) is 23.1 Å². The van der Waals surface area contributed by atoms with E-state index in [1.807, 2.05) is 13.8 Å². The fourth-order valence-corrected chi connectivity index (χ4v) is 4.47. The van der Waals surface area contributed by atoms with Gasteiger partial charge >= 0.3 is 0 Å². The van der Waals surface area contributed by atoms with Crippen LogP contribution in [0.5, 0.6) is 23.0 Å². The molecule has 2 amide bonds. The van der Waals surface area contributed by atoms with Crippen LogP contribution in [-0.2, 0) is 4.79 Å². The monoisotopic (exact) mass is 518 g/mol.